The Bertz CT molecular complexity index is 611. The third-order valence-corrected chi connectivity index (χ3v) is 5.57. The molecular formula is C20H26N2O3. The van der Waals surface area contributed by atoms with Crippen molar-refractivity contribution < 1.29 is 14.3 Å². The zero-order chi connectivity index (χ0) is 17.1. The summed E-state index contributed by atoms with van der Waals surface area (Å²) in [5.74, 6) is 0.492. The highest BCUT2D eigenvalue weighted by molar-refractivity contribution is 5.80. The maximum atomic E-state index is 12.7. The highest BCUT2D eigenvalue weighted by Gasteiger charge is 2.43. The fourth-order valence-electron chi connectivity index (χ4n) is 4.24. The van der Waals surface area contributed by atoms with Gasteiger partial charge < -0.3 is 14.4 Å². The number of aromatic nitrogens is 1. The number of likely N-dealkylation sites (tertiary alicyclic amines) is 1. The third-order valence-electron chi connectivity index (χ3n) is 5.57. The van der Waals surface area contributed by atoms with Gasteiger partial charge in [-0.15, -0.1) is 0 Å². The Morgan fingerprint density at radius 2 is 2.16 bits per heavy atom. The predicted molar refractivity (Wildman–Crippen MR) is 93.8 cm³/mol. The van der Waals surface area contributed by atoms with Crippen LogP contribution in [0.3, 0.4) is 0 Å². The summed E-state index contributed by atoms with van der Waals surface area (Å²) >= 11 is 0. The first-order chi connectivity index (χ1) is 12.3. The van der Waals surface area contributed by atoms with Crippen molar-refractivity contribution in [2.45, 2.75) is 57.0 Å². The summed E-state index contributed by atoms with van der Waals surface area (Å²) in [7, 11) is 0. The molecule has 0 spiro atoms. The van der Waals surface area contributed by atoms with Crippen LogP contribution in [0.4, 0.5) is 0 Å². The van der Waals surface area contributed by atoms with Gasteiger partial charge in [-0.25, -0.2) is 0 Å². The molecule has 134 valence electrons. The topological polar surface area (TPSA) is 51.7 Å². The van der Waals surface area contributed by atoms with Gasteiger partial charge in [-0.1, -0.05) is 18.2 Å². The van der Waals surface area contributed by atoms with Gasteiger partial charge in [-0.05, 0) is 43.7 Å². The summed E-state index contributed by atoms with van der Waals surface area (Å²) in [6, 6.07) is 4.20. The van der Waals surface area contributed by atoms with E-state index in [-0.39, 0.29) is 24.2 Å². The smallest absolute Gasteiger partial charge is 0.226 e. The number of carbonyl (C=O) groups excluding carboxylic acids is 1. The lowest BCUT2D eigenvalue weighted by molar-refractivity contribution is -0.142. The van der Waals surface area contributed by atoms with E-state index in [0.29, 0.717) is 19.1 Å². The van der Waals surface area contributed by atoms with Crippen molar-refractivity contribution in [1.29, 1.82) is 0 Å². The second-order valence-electron chi connectivity index (χ2n) is 7.28. The number of allylic oxidation sites excluding steroid dienone is 2. The fraction of sp³-hybridized carbons (Fsp3) is 0.600. The lowest BCUT2D eigenvalue weighted by Gasteiger charge is -2.36. The van der Waals surface area contributed by atoms with Crippen molar-refractivity contribution in [3.8, 4) is 0 Å². The van der Waals surface area contributed by atoms with Crippen LogP contribution in [0.15, 0.2) is 36.7 Å². The van der Waals surface area contributed by atoms with Crippen LogP contribution < -0.4 is 0 Å². The van der Waals surface area contributed by atoms with E-state index in [1.54, 1.807) is 6.20 Å². The van der Waals surface area contributed by atoms with E-state index >= 15 is 0 Å². The highest BCUT2D eigenvalue weighted by atomic mass is 16.5. The number of rotatable bonds is 5. The first-order valence-electron chi connectivity index (χ1n) is 9.39. The van der Waals surface area contributed by atoms with E-state index in [2.05, 4.69) is 22.0 Å². The number of carbonyl (C=O) groups is 1. The normalized spacial score (nSPS) is 29.1. The molecule has 1 aromatic heterocycles. The van der Waals surface area contributed by atoms with E-state index < -0.39 is 0 Å². The van der Waals surface area contributed by atoms with Gasteiger partial charge in [-0.2, -0.15) is 0 Å². The average molecular weight is 342 g/mol. The quantitative estimate of drug-likeness (QED) is 0.772. The summed E-state index contributed by atoms with van der Waals surface area (Å²) in [4.78, 5) is 18.9. The molecule has 3 heterocycles. The number of nitrogens with zero attached hydrogens (tertiary/aromatic N) is 2. The molecule has 2 aliphatic heterocycles. The van der Waals surface area contributed by atoms with Gasteiger partial charge in [0.05, 0.1) is 31.5 Å². The molecule has 5 heteroatoms. The molecule has 5 nitrogen and oxygen atoms in total. The molecule has 0 saturated carbocycles. The van der Waals surface area contributed by atoms with Crippen LogP contribution in [-0.4, -0.2) is 47.2 Å². The standard InChI is InChI=1S/C20H26N2O3/c23-20(16-5-1-2-6-16)22-11-9-19-18(22)8-7-17(25-19)14-24-13-15-4-3-10-21-12-15/h1-4,10,12,16-19H,5-9,11,13-14H2/t17?,18-,19-/m0/s1. The zero-order valence-corrected chi connectivity index (χ0v) is 14.5. The highest BCUT2D eigenvalue weighted by Crippen LogP contribution is 2.34. The van der Waals surface area contributed by atoms with Crippen LogP contribution in [0.2, 0.25) is 0 Å². The van der Waals surface area contributed by atoms with Gasteiger partial charge in [-0.3, -0.25) is 9.78 Å². The van der Waals surface area contributed by atoms with Crippen LogP contribution in [0.5, 0.6) is 0 Å². The summed E-state index contributed by atoms with van der Waals surface area (Å²) < 4.78 is 12.1. The molecule has 25 heavy (non-hydrogen) atoms. The third kappa shape index (κ3) is 3.77. The minimum atomic E-state index is 0.140. The van der Waals surface area contributed by atoms with Crippen LogP contribution in [0.25, 0.3) is 0 Å². The zero-order valence-electron chi connectivity index (χ0n) is 14.5. The average Bonchev–Trinajstić information content (AvgIpc) is 3.32. The first kappa shape index (κ1) is 16.7. The van der Waals surface area contributed by atoms with E-state index in [0.717, 1.165) is 44.2 Å². The second-order valence-corrected chi connectivity index (χ2v) is 7.28. The largest absolute Gasteiger partial charge is 0.374 e. The minimum Gasteiger partial charge on any atom is -0.374 e. The van der Waals surface area contributed by atoms with Crippen molar-refractivity contribution in [1.82, 2.24) is 9.88 Å². The fourth-order valence-corrected chi connectivity index (χ4v) is 4.24. The van der Waals surface area contributed by atoms with Gasteiger partial charge in [0.25, 0.3) is 0 Å². The van der Waals surface area contributed by atoms with Gasteiger partial charge in [0.2, 0.25) is 5.91 Å². The molecule has 0 N–H and O–H groups in total. The van der Waals surface area contributed by atoms with Crippen molar-refractivity contribution in [3.63, 3.8) is 0 Å². The number of pyridine rings is 1. The molecule has 1 unspecified atom stereocenters. The van der Waals surface area contributed by atoms with E-state index in [1.165, 1.54) is 0 Å². The molecule has 2 saturated heterocycles. The van der Waals surface area contributed by atoms with Gasteiger partial charge in [0.1, 0.15) is 0 Å². The van der Waals surface area contributed by atoms with Crippen LogP contribution in [0, 0.1) is 5.92 Å². The molecule has 1 aliphatic carbocycles. The first-order valence-corrected chi connectivity index (χ1v) is 9.39. The summed E-state index contributed by atoms with van der Waals surface area (Å²) in [6.07, 6.45) is 12.9. The molecule has 4 rings (SSSR count). The Hall–Kier alpha value is -1.72. The summed E-state index contributed by atoms with van der Waals surface area (Å²) in [6.45, 7) is 2.02. The lowest BCUT2D eigenvalue weighted by Crippen LogP contribution is -2.47. The minimum absolute atomic E-state index is 0.140. The number of fused-ring (bicyclic) bond motifs is 1. The van der Waals surface area contributed by atoms with Crippen molar-refractivity contribution in [2.24, 2.45) is 5.92 Å². The predicted octanol–water partition coefficient (Wildman–Crippen LogP) is 2.71. The van der Waals surface area contributed by atoms with Gasteiger partial charge >= 0.3 is 0 Å². The van der Waals surface area contributed by atoms with Crippen molar-refractivity contribution in [2.75, 3.05) is 13.2 Å². The Morgan fingerprint density at radius 3 is 2.96 bits per heavy atom. The molecule has 1 aromatic rings. The van der Waals surface area contributed by atoms with E-state index in [1.807, 2.05) is 18.3 Å². The van der Waals surface area contributed by atoms with Crippen LogP contribution in [0.1, 0.15) is 37.7 Å². The Morgan fingerprint density at radius 1 is 1.28 bits per heavy atom. The van der Waals surface area contributed by atoms with Crippen LogP contribution >= 0.6 is 0 Å². The molecule has 0 bridgehead atoms. The SMILES string of the molecule is O=C(C1CC=CC1)N1CC[C@@H]2OC(COCc3cccnc3)CC[C@@H]21. The van der Waals surface area contributed by atoms with Crippen molar-refractivity contribution >= 4 is 5.91 Å². The molecule has 0 aromatic carbocycles. The van der Waals surface area contributed by atoms with Gasteiger partial charge in [0, 0.05) is 24.9 Å². The molecule has 0 radical (unpaired) electrons. The molecule has 3 atom stereocenters. The van der Waals surface area contributed by atoms with Crippen LogP contribution in [-0.2, 0) is 20.9 Å². The Balaban J connectivity index is 1.25. The van der Waals surface area contributed by atoms with Gasteiger partial charge in [0.15, 0.2) is 0 Å². The molecule has 3 aliphatic rings. The molecule has 2 fully saturated rings. The number of ether oxygens (including phenoxy) is 2. The number of amides is 1. The van der Waals surface area contributed by atoms with Crippen molar-refractivity contribution in [3.05, 3.63) is 42.2 Å². The number of hydrogen-bond acceptors (Lipinski definition) is 4. The maximum Gasteiger partial charge on any atom is 0.226 e. The van der Waals surface area contributed by atoms with E-state index in [4.69, 9.17) is 9.47 Å². The molecular weight excluding hydrogens is 316 g/mol. The summed E-state index contributed by atoms with van der Waals surface area (Å²) in [5.41, 5.74) is 1.08. The van der Waals surface area contributed by atoms with E-state index in [9.17, 15) is 4.79 Å². The summed E-state index contributed by atoms with van der Waals surface area (Å²) in [5, 5.41) is 0. The molecule has 1 amide bonds. The monoisotopic (exact) mass is 342 g/mol. The Kier molecular flexibility index (Phi) is 5.13. The second kappa shape index (κ2) is 7.67. The number of hydrogen-bond donors (Lipinski definition) is 0. The lowest BCUT2D eigenvalue weighted by atomic mass is 9.98. The Labute approximate surface area is 149 Å². The maximum absolute atomic E-state index is 12.7.